The fourth-order valence-electron chi connectivity index (χ4n) is 1.62. The van der Waals surface area contributed by atoms with Crippen LogP contribution in [0.2, 0.25) is 0 Å². The number of hydrogen-bond acceptors (Lipinski definition) is 3. The predicted octanol–water partition coefficient (Wildman–Crippen LogP) is 1.55. The van der Waals surface area contributed by atoms with Crippen molar-refractivity contribution >= 4 is 11.7 Å². The molecule has 2 saturated carbocycles. The molecular weight excluding hydrogens is 202 g/mol. The van der Waals surface area contributed by atoms with Gasteiger partial charge in [-0.25, -0.2) is 4.98 Å². The van der Waals surface area contributed by atoms with Crippen molar-refractivity contribution in [1.29, 1.82) is 0 Å². The molecule has 2 aliphatic carbocycles. The minimum absolute atomic E-state index is 0.00116. The normalized spacial score (nSPS) is 19.2. The lowest BCUT2D eigenvalue weighted by atomic mass is 10.2. The highest BCUT2D eigenvalue weighted by molar-refractivity contribution is 5.99. The van der Waals surface area contributed by atoms with E-state index in [0.717, 1.165) is 18.7 Å². The van der Waals surface area contributed by atoms with Crippen LogP contribution in [0.15, 0.2) is 18.3 Å². The summed E-state index contributed by atoms with van der Waals surface area (Å²) in [6, 6.07) is 4.54. The van der Waals surface area contributed by atoms with Gasteiger partial charge in [0.2, 0.25) is 0 Å². The molecule has 0 aromatic carbocycles. The second kappa shape index (κ2) is 3.77. The second-order valence-electron chi connectivity index (χ2n) is 4.57. The van der Waals surface area contributed by atoms with Gasteiger partial charge in [0.15, 0.2) is 0 Å². The number of amides is 1. The molecular formula is C12H15N3O. The third kappa shape index (κ3) is 2.15. The number of hydrogen-bond donors (Lipinski definition) is 2. The quantitative estimate of drug-likeness (QED) is 0.804. The van der Waals surface area contributed by atoms with Crippen molar-refractivity contribution < 1.29 is 4.79 Å². The fraction of sp³-hybridized carbons (Fsp3) is 0.500. The Morgan fingerprint density at radius 3 is 2.69 bits per heavy atom. The van der Waals surface area contributed by atoms with E-state index in [0.29, 0.717) is 17.6 Å². The van der Waals surface area contributed by atoms with Gasteiger partial charge in [0.05, 0.1) is 5.56 Å². The lowest BCUT2D eigenvalue weighted by Gasteiger charge is -2.09. The molecule has 0 radical (unpaired) electrons. The SMILES string of the molecule is O=C(NC1CC1)c1cccnc1NC1CC1. The van der Waals surface area contributed by atoms with Crippen LogP contribution in [0.4, 0.5) is 5.82 Å². The van der Waals surface area contributed by atoms with Crippen LogP contribution in [0.5, 0.6) is 0 Å². The highest BCUT2D eigenvalue weighted by Gasteiger charge is 2.27. The van der Waals surface area contributed by atoms with E-state index in [1.165, 1.54) is 12.8 Å². The first-order valence-corrected chi connectivity index (χ1v) is 5.85. The lowest BCUT2D eigenvalue weighted by Crippen LogP contribution is -2.26. The Labute approximate surface area is 94.5 Å². The average molecular weight is 217 g/mol. The molecule has 4 nitrogen and oxygen atoms in total. The molecule has 2 fully saturated rings. The summed E-state index contributed by atoms with van der Waals surface area (Å²) in [6.45, 7) is 0. The van der Waals surface area contributed by atoms with Crippen LogP contribution in [0.25, 0.3) is 0 Å². The first-order valence-electron chi connectivity index (χ1n) is 5.85. The standard InChI is InChI=1S/C12H15N3O/c16-12(15-9-5-6-9)10-2-1-7-13-11(10)14-8-3-4-8/h1-2,7-9H,3-6H2,(H,13,14)(H,15,16). The van der Waals surface area contributed by atoms with Gasteiger partial charge in [-0.05, 0) is 37.8 Å². The summed E-state index contributed by atoms with van der Waals surface area (Å²) < 4.78 is 0. The van der Waals surface area contributed by atoms with Gasteiger partial charge in [-0.3, -0.25) is 4.79 Å². The molecule has 1 heterocycles. The van der Waals surface area contributed by atoms with Crippen molar-refractivity contribution in [2.75, 3.05) is 5.32 Å². The van der Waals surface area contributed by atoms with Crippen molar-refractivity contribution in [3.05, 3.63) is 23.9 Å². The van der Waals surface area contributed by atoms with Gasteiger partial charge < -0.3 is 10.6 Å². The highest BCUT2D eigenvalue weighted by Crippen LogP contribution is 2.26. The number of carbonyl (C=O) groups excluding carboxylic acids is 1. The van der Waals surface area contributed by atoms with Crippen molar-refractivity contribution in [3.63, 3.8) is 0 Å². The van der Waals surface area contributed by atoms with Gasteiger partial charge in [0.1, 0.15) is 5.82 Å². The minimum Gasteiger partial charge on any atom is -0.367 e. The molecule has 2 N–H and O–H groups in total. The maximum Gasteiger partial charge on any atom is 0.255 e. The molecule has 1 aromatic heterocycles. The average Bonchev–Trinajstić information content (AvgIpc) is 3.14. The van der Waals surface area contributed by atoms with Crippen LogP contribution in [0.1, 0.15) is 36.0 Å². The number of nitrogens with one attached hydrogen (secondary N) is 2. The van der Waals surface area contributed by atoms with E-state index < -0.39 is 0 Å². The van der Waals surface area contributed by atoms with Crippen LogP contribution in [-0.4, -0.2) is 23.0 Å². The zero-order valence-corrected chi connectivity index (χ0v) is 9.07. The first kappa shape index (κ1) is 9.63. The van der Waals surface area contributed by atoms with E-state index in [1.807, 2.05) is 6.07 Å². The van der Waals surface area contributed by atoms with E-state index in [-0.39, 0.29) is 5.91 Å². The van der Waals surface area contributed by atoms with Crippen molar-refractivity contribution in [3.8, 4) is 0 Å². The molecule has 0 saturated heterocycles. The molecule has 0 aliphatic heterocycles. The van der Waals surface area contributed by atoms with Gasteiger partial charge in [-0.2, -0.15) is 0 Å². The van der Waals surface area contributed by atoms with E-state index in [1.54, 1.807) is 12.3 Å². The molecule has 0 unspecified atom stereocenters. The monoisotopic (exact) mass is 217 g/mol. The van der Waals surface area contributed by atoms with E-state index >= 15 is 0 Å². The maximum absolute atomic E-state index is 11.9. The summed E-state index contributed by atoms with van der Waals surface area (Å²) in [7, 11) is 0. The van der Waals surface area contributed by atoms with Crippen LogP contribution in [-0.2, 0) is 0 Å². The first-order chi connectivity index (χ1) is 7.83. The van der Waals surface area contributed by atoms with Gasteiger partial charge in [-0.15, -0.1) is 0 Å². The fourth-order valence-corrected chi connectivity index (χ4v) is 1.62. The number of rotatable bonds is 4. The molecule has 84 valence electrons. The largest absolute Gasteiger partial charge is 0.367 e. The van der Waals surface area contributed by atoms with Gasteiger partial charge in [-0.1, -0.05) is 0 Å². The van der Waals surface area contributed by atoms with Crippen molar-refractivity contribution in [2.45, 2.75) is 37.8 Å². The summed E-state index contributed by atoms with van der Waals surface area (Å²) in [5, 5.41) is 6.27. The van der Waals surface area contributed by atoms with Gasteiger partial charge in [0, 0.05) is 18.3 Å². The summed E-state index contributed by atoms with van der Waals surface area (Å²) in [5.74, 6) is 0.724. The zero-order chi connectivity index (χ0) is 11.0. The number of anilines is 1. The van der Waals surface area contributed by atoms with Crippen LogP contribution >= 0.6 is 0 Å². The molecule has 0 spiro atoms. The van der Waals surface area contributed by atoms with E-state index in [4.69, 9.17) is 0 Å². The Balaban J connectivity index is 1.76. The van der Waals surface area contributed by atoms with E-state index in [9.17, 15) is 4.79 Å². The van der Waals surface area contributed by atoms with Crippen molar-refractivity contribution in [2.24, 2.45) is 0 Å². The summed E-state index contributed by atoms with van der Waals surface area (Å²) in [4.78, 5) is 16.2. The summed E-state index contributed by atoms with van der Waals surface area (Å²) in [6.07, 6.45) is 6.30. The molecule has 4 heteroatoms. The Bertz CT molecular complexity index is 410. The number of nitrogens with zero attached hydrogens (tertiary/aromatic N) is 1. The van der Waals surface area contributed by atoms with Crippen molar-refractivity contribution in [1.82, 2.24) is 10.3 Å². The summed E-state index contributed by atoms with van der Waals surface area (Å²) >= 11 is 0. The number of pyridine rings is 1. The zero-order valence-electron chi connectivity index (χ0n) is 9.07. The molecule has 0 atom stereocenters. The third-order valence-electron chi connectivity index (χ3n) is 2.88. The van der Waals surface area contributed by atoms with Crippen LogP contribution in [0.3, 0.4) is 0 Å². The molecule has 2 aliphatic rings. The second-order valence-corrected chi connectivity index (χ2v) is 4.57. The maximum atomic E-state index is 11.9. The van der Waals surface area contributed by atoms with Gasteiger partial charge in [0.25, 0.3) is 5.91 Å². The smallest absolute Gasteiger partial charge is 0.255 e. The Kier molecular flexibility index (Phi) is 2.27. The summed E-state index contributed by atoms with van der Waals surface area (Å²) in [5.41, 5.74) is 0.668. The minimum atomic E-state index is -0.00116. The number of carbonyl (C=O) groups is 1. The Morgan fingerprint density at radius 2 is 2.00 bits per heavy atom. The molecule has 1 amide bonds. The Morgan fingerprint density at radius 1 is 1.25 bits per heavy atom. The molecule has 1 aromatic rings. The van der Waals surface area contributed by atoms with Crippen LogP contribution < -0.4 is 10.6 Å². The Hall–Kier alpha value is -1.58. The molecule has 0 bridgehead atoms. The van der Waals surface area contributed by atoms with Gasteiger partial charge >= 0.3 is 0 Å². The van der Waals surface area contributed by atoms with E-state index in [2.05, 4.69) is 15.6 Å². The topological polar surface area (TPSA) is 54.0 Å². The lowest BCUT2D eigenvalue weighted by molar-refractivity contribution is 0.0951. The molecule has 3 rings (SSSR count). The number of aromatic nitrogens is 1. The van der Waals surface area contributed by atoms with Crippen LogP contribution in [0, 0.1) is 0 Å². The highest BCUT2D eigenvalue weighted by atomic mass is 16.1. The molecule has 16 heavy (non-hydrogen) atoms. The third-order valence-corrected chi connectivity index (χ3v) is 2.88. The predicted molar refractivity (Wildman–Crippen MR) is 61.4 cm³/mol.